The van der Waals surface area contributed by atoms with E-state index in [1.807, 2.05) is 25.1 Å². The molecule has 0 fully saturated rings. The molecule has 0 aliphatic heterocycles. The van der Waals surface area contributed by atoms with Gasteiger partial charge >= 0.3 is 0 Å². The lowest BCUT2D eigenvalue weighted by atomic mass is 10.1. The number of furan rings is 1. The number of benzene rings is 1. The van der Waals surface area contributed by atoms with E-state index in [4.69, 9.17) is 8.94 Å². The van der Waals surface area contributed by atoms with Gasteiger partial charge in [-0.3, -0.25) is 4.79 Å². The summed E-state index contributed by atoms with van der Waals surface area (Å²) in [6.07, 6.45) is 2.80. The molecule has 3 rings (SSSR count). The van der Waals surface area contributed by atoms with E-state index in [9.17, 15) is 4.79 Å². The molecule has 0 saturated heterocycles. The Bertz CT molecular complexity index is 763. The topological polar surface area (TPSA) is 81.2 Å². The molecular weight excluding hydrogens is 282 g/mol. The van der Waals surface area contributed by atoms with Crippen LogP contribution in [0.25, 0.3) is 23.0 Å². The van der Waals surface area contributed by atoms with Gasteiger partial charge in [0.05, 0.1) is 17.5 Å². The van der Waals surface area contributed by atoms with Crippen molar-refractivity contribution in [2.45, 2.75) is 19.8 Å². The highest BCUT2D eigenvalue weighted by Gasteiger charge is 2.16. The molecule has 2 heterocycles. The third kappa shape index (κ3) is 2.90. The number of hydrogen-bond donors (Lipinski definition) is 1. The minimum absolute atomic E-state index is 0.0410. The number of carbonyl (C=O) groups excluding carboxylic acids is 1. The SMILES string of the molecule is CCCC(=O)Nc1ccccc1-c1nc(-c2ccco2)no1. The summed E-state index contributed by atoms with van der Waals surface area (Å²) in [4.78, 5) is 16.1. The summed E-state index contributed by atoms with van der Waals surface area (Å²) in [5, 5.41) is 6.76. The Balaban J connectivity index is 1.90. The van der Waals surface area contributed by atoms with E-state index in [0.717, 1.165) is 6.42 Å². The van der Waals surface area contributed by atoms with Gasteiger partial charge in [0.1, 0.15) is 0 Å². The van der Waals surface area contributed by atoms with Crippen molar-refractivity contribution in [2.24, 2.45) is 0 Å². The molecule has 1 N–H and O–H groups in total. The average Bonchev–Trinajstić information content (AvgIpc) is 3.19. The highest BCUT2D eigenvalue weighted by atomic mass is 16.5. The first-order chi connectivity index (χ1) is 10.8. The van der Waals surface area contributed by atoms with Crippen LogP contribution < -0.4 is 5.32 Å². The van der Waals surface area contributed by atoms with E-state index in [-0.39, 0.29) is 5.91 Å². The summed E-state index contributed by atoms with van der Waals surface area (Å²) in [7, 11) is 0. The normalized spacial score (nSPS) is 10.6. The van der Waals surface area contributed by atoms with E-state index in [1.165, 1.54) is 0 Å². The number of carbonyl (C=O) groups is 1. The molecule has 112 valence electrons. The number of rotatable bonds is 5. The molecule has 2 aromatic heterocycles. The molecule has 0 bridgehead atoms. The van der Waals surface area contributed by atoms with Crippen molar-refractivity contribution < 1.29 is 13.7 Å². The van der Waals surface area contributed by atoms with Gasteiger partial charge < -0.3 is 14.3 Å². The lowest BCUT2D eigenvalue weighted by Crippen LogP contribution is -2.11. The third-order valence-electron chi connectivity index (χ3n) is 3.08. The first-order valence-corrected chi connectivity index (χ1v) is 7.04. The molecule has 1 amide bonds. The predicted molar refractivity (Wildman–Crippen MR) is 81.0 cm³/mol. The first kappa shape index (κ1) is 14.1. The molecule has 0 aliphatic carbocycles. The fourth-order valence-corrected chi connectivity index (χ4v) is 2.06. The van der Waals surface area contributed by atoms with Gasteiger partial charge in [-0.2, -0.15) is 4.98 Å². The summed E-state index contributed by atoms with van der Waals surface area (Å²) in [5.41, 5.74) is 1.33. The van der Waals surface area contributed by atoms with E-state index in [1.54, 1.807) is 24.5 Å². The molecule has 0 saturated carbocycles. The molecule has 6 nitrogen and oxygen atoms in total. The van der Waals surface area contributed by atoms with Crippen LogP contribution in [0.2, 0.25) is 0 Å². The van der Waals surface area contributed by atoms with E-state index < -0.39 is 0 Å². The van der Waals surface area contributed by atoms with Crippen molar-refractivity contribution in [3.8, 4) is 23.0 Å². The van der Waals surface area contributed by atoms with Gasteiger partial charge in [-0.25, -0.2) is 0 Å². The number of para-hydroxylation sites is 1. The molecule has 6 heteroatoms. The smallest absolute Gasteiger partial charge is 0.260 e. The molecule has 0 atom stereocenters. The van der Waals surface area contributed by atoms with Crippen LogP contribution in [-0.4, -0.2) is 16.0 Å². The molecule has 0 unspecified atom stereocenters. The van der Waals surface area contributed by atoms with E-state index in [2.05, 4.69) is 15.5 Å². The van der Waals surface area contributed by atoms with Crippen LogP contribution in [0.15, 0.2) is 51.6 Å². The van der Waals surface area contributed by atoms with Crippen LogP contribution >= 0.6 is 0 Å². The van der Waals surface area contributed by atoms with Gasteiger partial charge in [0.2, 0.25) is 11.7 Å². The molecule has 0 spiro atoms. The largest absolute Gasteiger partial charge is 0.461 e. The molecule has 0 radical (unpaired) electrons. The zero-order valence-electron chi connectivity index (χ0n) is 12.1. The van der Waals surface area contributed by atoms with Crippen LogP contribution in [0.4, 0.5) is 5.69 Å². The predicted octanol–water partition coefficient (Wildman–Crippen LogP) is 3.74. The van der Waals surface area contributed by atoms with Crippen molar-refractivity contribution in [2.75, 3.05) is 5.32 Å². The standard InChI is InChI=1S/C16H15N3O3/c1-2-6-14(20)17-12-8-4-3-7-11(12)16-18-15(19-22-16)13-9-5-10-21-13/h3-5,7-10H,2,6H2,1H3,(H,17,20). The van der Waals surface area contributed by atoms with Crippen LogP contribution in [0, 0.1) is 0 Å². The second-order valence-corrected chi connectivity index (χ2v) is 4.74. The van der Waals surface area contributed by atoms with Crippen molar-refractivity contribution in [1.29, 1.82) is 0 Å². The Kier molecular flexibility index (Phi) is 4.00. The van der Waals surface area contributed by atoms with Gasteiger partial charge in [0.15, 0.2) is 5.76 Å². The van der Waals surface area contributed by atoms with Gasteiger partial charge in [-0.05, 0) is 30.7 Å². The lowest BCUT2D eigenvalue weighted by molar-refractivity contribution is -0.116. The third-order valence-corrected chi connectivity index (χ3v) is 3.08. The maximum Gasteiger partial charge on any atom is 0.260 e. The van der Waals surface area contributed by atoms with E-state index >= 15 is 0 Å². The summed E-state index contributed by atoms with van der Waals surface area (Å²) in [6.45, 7) is 1.96. The second kappa shape index (κ2) is 6.26. The molecule has 0 aliphatic rings. The second-order valence-electron chi connectivity index (χ2n) is 4.74. The van der Waals surface area contributed by atoms with Crippen molar-refractivity contribution in [3.63, 3.8) is 0 Å². The molecule has 3 aromatic rings. The number of nitrogens with zero attached hydrogens (tertiary/aromatic N) is 2. The van der Waals surface area contributed by atoms with E-state index in [0.29, 0.717) is 35.1 Å². The highest BCUT2D eigenvalue weighted by molar-refractivity contribution is 5.94. The Hall–Kier alpha value is -2.89. The lowest BCUT2D eigenvalue weighted by Gasteiger charge is -2.07. The van der Waals surface area contributed by atoms with Crippen molar-refractivity contribution in [3.05, 3.63) is 42.7 Å². The summed E-state index contributed by atoms with van der Waals surface area (Å²) >= 11 is 0. The summed E-state index contributed by atoms with van der Waals surface area (Å²) in [5.74, 6) is 1.19. The van der Waals surface area contributed by atoms with Crippen molar-refractivity contribution in [1.82, 2.24) is 10.1 Å². The number of anilines is 1. The number of amides is 1. The van der Waals surface area contributed by atoms with Crippen LogP contribution in [0.3, 0.4) is 0 Å². The Morgan fingerprint density at radius 3 is 2.86 bits per heavy atom. The van der Waals surface area contributed by atoms with Gasteiger partial charge in [-0.1, -0.05) is 24.2 Å². The zero-order valence-corrected chi connectivity index (χ0v) is 12.1. The maximum absolute atomic E-state index is 11.8. The van der Waals surface area contributed by atoms with Crippen LogP contribution in [-0.2, 0) is 4.79 Å². The molecule has 1 aromatic carbocycles. The van der Waals surface area contributed by atoms with Crippen molar-refractivity contribution >= 4 is 11.6 Å². The Morgan fingerprint density at radius 1 is 1.23 bits per heavy atom. The van der Waals surface area contributed by atoms with Crippen LogP contribution in [0.5, 0.6) is 0 Å². The summed E-state index contributed by atoms with van der Waals surface area (Å²) < 4.78 is 10.5. The van der Waals surface area contributed by atoms with Gasteiger partial charge in [-0.15, -0.1) is 0 Å². The summed E-state index contributed by atoms with van der Waals surface area (Å²) in [6, 6.07) is 10.8. The highest BCUT2D eigenvalue weighted by Crippen LogP contribution is 2.28. The van der Waals surface area contributed by atoms with Gasteiger partial charge in [0, 0.05) is 6.42 Å². The fourth-order valence-electron chi connectivity index (χ4n) is 2.06. The van der Waals surface area contributed by atoms with Crippen LogP contribution in [0.1, 0.15) is 19.8 Å². The Labute approximate surface area is 127 Å². The minimum atomic E-state index is -0.0410. The maximum atomic E-state index is 11.8. The molecule has 22 heavy (non-hydrogen) atoms. The number of aromatic nitrogens is 2. The quantitative estimate of drug-likeness (QED) is 0.776. The Morgan fingerprint density at radius 2 is 2.09 bits per heavy atom. The zero-order chi connectivity index (χ0) is 15.4. The van der Waals surface area contributed by atoms with Gasteiger partial charge in [0.25, 0.3) is 5.89 Å². The monoisotopic (exact) mass is 297 g/mol. The average molecular weight is 297 g/mol. The number of nitrogens with one attached hydrogen (secondary N) is 1. The molecular formula is C16H15N3O3. The number of hydrogen-bond acceptors (Lipinski definition) is 5. The first-order valence-electron chi connectivity index (χ1n) is 7.04. The fraction of sp³-hybridized carbons (Fsp3) is 0.188. The minimum Gasteiger partial charge on any atom is -0.461 e.